The lowest BCUT2D eigenvalue weighted by molar-refractivity contribution is -0.132. The van der Waals surface area contributed by atoms with E-state index in [9.17, 15) is 4.79 Å². The molecule has 86 valence electrons. The Hall–Kier alpha value is -1.38. The number of carbonyl (C=O) groups excluding carboxylic acids is 1. The van der Waals surface area contributed by atoms with E-state index in [1.807, 2.05) is 13.0 Å². The molecule has 1 amide bonds. The Balaban J connectivity index is 2.02. The van der Waals surface area contributed by atoms with Crippen LogP contribution in [0.4, 0.5) is 0 Å². The van der Waals surface area contributed by atoms with Gasteiger partial charge in [0.2, 0.25) is 5.91 Å². The third-order valence-corrected chi connectivity index (χ3v) is 3.03. The summed E-state index contributed by atoms with van der Waals surface area (Å²) in [6.45, 7) is 4.88. The van der Waals surface area contributed by atoms with Gasteiger partial charge < -0.3 is 15.0 Å². The molecule has 2 aliphatic heterocycles. The molecule has 0 radical (unpaired) electrons. The van der Waals surface area contributed by atoms with Gasteiger partial charge in [-0.05, 0) is 12.5 Å². The van der Waals surface area contributed by atoms with Crippen molar-refractivity contribution in [2.75, 3.05) is 32.8 Å². The van der Waals surface area contributed by atoms with Crippen LogP contribution in [0.3, 0.4) is 0 Å². The van der Waals surface area contributed by atoms with Crippen LogP contribution in [0.15, 0.2) is 11.1 Å². The topological polar surface area (TPSA) is 65.4 Å². The predicted molar refractivity (Wildman–Crippen MR) is 57.5 cm³/mol. The molecule has 0 bridgehead atoms. The molecule has 5 heteroatoms. The molecular weight excluding hydrogens is 206 g/mol. The third kappa shape index (κ3) is 2.08. The molecule has 0 spiro atoms. The van der Waals surface area contributed by atoms with E-state index in [0.29, 0.717) is 19.7 Å². The maximum Gasteiger partial charge on any atom is 0.249 e. The zero-order chi connectivity index (χ0) is 11.5. The van der Waals surface area contributed by atoms with Crippen LogP contribution in [0.25, 0.3) is 0 Å². The Morgan fingerprint density at radius 2 is 2.38 bits per heavy atom. The number of hydrogen-bond acceptors (Lipinski definition) is 4. The summed E-state index contributed by atoms with van der Waals surface area (Å²) in [7, 11) is 0. The van der Waals surface area contributed by atoms with Crippen LogP contribution in [0.1, 0.15) is 6.92 Å². The minimum absolute atomic E-state index is 0.0417. The second-order valence-corrected chi connectivity index (χ2v) is 4.07. The van der Waals surface area contributed by atoms with Gasteiger partial charge in [-0.1, -0.05) is 0 Å². The molecule has 2 heterocycles. The van der Waals surface area contributed by atoms with Gasteiger partial charge in [0.05, 0.1) is 19.2 Å². The maximum atomic E-state index is 12.1. The van der Waals surface area contributed by atoms with Crippen molar-refractivity contribution in [2.24, 2.45) is 0 Å². The van der Waals surface area contributed by atoms with Crippen LogP contribution in [-0.2, 0) is 9.53 Å². The summed E-state index contributed by atoms with van der Waals surface area (Å²) in [6, 6.07) is 2.04. The van der Waals surface area contributed by atoms with Gasteiger partial charge in [-0.15, -0.1) is 0 Å². The Kier molecular flexibility index (Phi) is 3.22. The molecule has 16 heavy (non-hydrogen) atoms. The van der Waals surface area contributed by atoms with Gasteiger partial charge in [0.1, 0.15) is 0 Å². The van der Waals surface area contributed by atoms with Gasteiger partial charge >= 0.3 is 0 Å². The Morgan fingerprint density at radius 3 is 2.94 bits per heavy atom. The zero-order valence-electron chi connectivity index (χ0n) is 9.32. The molecule has 1 atom stereocenters. The summed E-state index contributed by atoms with van der Waals surface area (Å²) in [4.78, 5) is 13.8. The van der Waals surface area contributed by atoms with Crippen molar-refractivity contribution in [3.05, 3.63) is 11.1 Å². The van der Waals surface area contributed by atoms with Crippen LogP contribution >= 0.6 is 0 Å². The Bertz CT molecular complexity index is 364. The van der Waals surface area contributed by atoms with Gasteiger partial charge in [0.15, 0.2) is 6.10 Å². The fourth-order valence-corrected chi connectivity index (χ4v) is 1.82. The summed E-state index contributed by atoms with van der Waals surface area (Å²) in [6.07, 6.45) is -0.477. The first-order valence-electron chi connectivity index (χ1n) is 5.42. The second kappa shape index (κ2) is 4.64. The van der Waals surface area contributed by atoms with Gasteiger partial charge in [0.25, 0.3) is 0 Å². The van der Waals surface area contributed by atoms with E-state index < -0.39 is 6.10 Å². The number of carbonyl (C=O) groups is 1. The van der Waals surface area contributed by atoms with Gasteiger partial charge in [-0.2, -0.15) is 5.26 Å². The molecule has 5 nitrogen and oxygen atoms in total. The van der Waals surface area contributed by atoms with Crippen LogP contribution < -0.4 is 5.32 Å². The van der Waals surface area contributed by atoms with Gasteiger partial charge in [-0.3, -0.25) is 4.79 Å². The third-order valence-electron chi connectivity index (χ3n) is 3.03. The highest BCUT2D eigenvalue weighted by Crippen LogP contribution is 2.14. The number of hydrogen-bond donors (Lipinski definition) is 1. The van der Waals surface area contributed by atoms with Crippen LogP contribution in [0, 0.1) is 11.3 Å². The van der Waals surface area contributed by atoms with Crippen LogP contribution in [0.2, 0.25) is 0 Å². The van der Waals surface area contributed by atoms with Crippen molar-refractivity contribution in [2.45, 2.75) is 13.0 Å². The average Bonchev–Trinajstić information content (AvgIpc) is 2.25. The molecule has 0 aromatic heterocycles. The molecular formula is C11H15N3O2. The monoisotopic (exact) mass is 221 g/mol. The van der Waals surface area contributed by atoms with E-state index in [-0.39, 0.29) is 5.91 Å². The summed E-state index contributed by atoms with van der Waals surface area (Å²) >= 11 is 0. The highest BCUT2D eigenvalue weighted by atomic mass is 16.5. The fourth-order valence-electron chi connectivity index (χ4n) is 1.82. The molecule has 2 saturated heterocycles. The molecule has 1 N–H and O–H groups in total. The van der Waals surface area contributed by atoms with Crippen molar-refractivity contribution in [3.63, 3.8) is 0 Å². The Morgan fingerprint density at radius 1 is 1.62 bits per heavy atom. The summed E-state index contributed by atoms with van der Waals surface area (Å²) in [5, 5.41) is 11.9. The van der Waals surface area contributed by atoms with Crippen LogP contribution in [0.5, 0.6) is 0 Å². The highest BCUT2D eigenvalue weighted by Gasteiger charge is 2.26. The number of nitrogens with one attached hydrogen (secondary N) is 1. The number of morpholine rings is 1. The van der Waals surface area contributed by atoms with E-state index in [1.165, 1.54) is 5.57 Å². The van der Waals surface area contributed by atoms with Gasteiger partial charge in [0, 0.05) is 25.2 Å². The number of ether oxygens (including phenoxy) is 1. The van der Waals surface area contributed by atoms with Gasteiger partial charge in [-0.25, -0.2) is 0 Å². The Labute approximate surface area is 94.7 Å². The van der Waals surface area contributed by atoms with E-state index in [1.54, 1.807) is 4.90 Å². The second-order valence-electron chi connectivity index (χ2n) is 4.07. The van der Waals surface area contributed by atoms with Crippen molar-refractivity contribution in [1.29, 1.82) is 5.26 Å². The molecule has 2 aliphatic rings. The first-order valence-corrected chi connectivity index (χ1v) is 5.42. The molecule has 0 saturated carbocycles. The standard InChI is InChI=1S/C11H15N3O2/c1-8(9-5-13-6-9)11(15)14-2-3-16-10(4-12)7-14/h10,13H,2-3,5-7H2,1H3. The predicted octanol–water partition coefficient (Wildman–Crippen LogP) is -0.343. The van der Waals surface area contributed by atoms with E-state index in [2.05, 4.69) is 5.32 Å². The normalized spacial score (nSPS) is 24.6. The quantitative estimate of drug-likeness (QED) is 0.615. The fraction of sp³-hybridized carbons (Fsp3) is 0.636. The van der Waals surface area contributed by atoms with E-state index in [0.717, 1.165) is 18.7 Å². The minimum Gasteiger partial charge on any atom is -0.360 e. The number of nitrogens with zero attached hydrogens (tertiary/aromatic N) is 2. The molecule has 0 aromatic carbocycles. The molecule has 0 aromatic rings. The summed E-state index contributed by atoms with van der Waals surface area (Å²) < 4.78 is 5.20. The molecule has 2 fully saturated rings. The first-order chi connectivity index (χ1) is 7.72. The lowest BCUT2D eigenvalue weighted by atomic mass is 10.0. The zero-order valence-corrected chi connectivity index (χ0v) is 9.32. The molecule has 0 aliphatic carbocycles. The maximum absolute atomic E-state index is 12.1. The lowest BCUT2D eigenvalue weighted by Gasteiger charge is -2.31. The van der Waals surface area contributed by atoms with Crippen molar-refractivity contribution < 1.29 is 9.53 Å². The van der Waals surface area contributed by atoms with Crippen molar-refractivity contribution in [3.8, 4) is 6.07 Å². The summed E-state index contributed by atoms with van der Waals surface area (Å²) in [5.74, 6) is 0.0417. The largest absolute Gasteiger partial charge is 0.360 e. The average molecular weight is 221 g/mol. The summed E-state index contributed by atoms with van der Waals surface area (Å²) in [5.41, 5.74) is 1.99. The number of amides is 1. The SMILES string of the molecule is CC(C(=O)N1CCOC(C#N)C1)=C1CNC1. The molecule has 2 rings (SSSR count). The first kappa shape index (κ1) is 11.1. The van der Waals surface area contributed by atoms with Crippen molar-refractivity contribution in [1.82, 2.24) is 10.2 Å². The minimum atomic E-state index is -0.477. The highest BCUT2D eigenvalue weighted by molar-refractivity contribution is 5.94. The number of nitriles is 1. The lowest BCUT2D eigenvalue weighted by Crippen LogP contribution is -2.46. The number of rotatable bonds is 1. The van der Waals surface area contributed by atoms with Crippen LogP contribution in [-0.4, -0.2) is 49.7 Å². The van der Waals surface area contributed by atoms with Crippen molar-refractivity contribution >= 4 is 5.91 Å². The molecule has 1 unspecified atom stereocenters. The van der Waals surface area contributed by atoms with E-state index in [4.69, 9.17) is 10.00 Å². The smallest absolute Gasteiger partial charge is 0.249 e. The van der Waals surface area contributed by atoms with E-state index >= 15 is 0 Å².